The van der Waals surface area contributed by atoms with Crippen LogP contribution in [0, 0.1) is 6.92 Å². The summed E-state index contributed by atoms with van der Waals surface area (Å²) in [4.78, 5) is 6.93. The fraction of sp³-hybridized carbons (Fsp3) is 0.476. The van der Waals surface area contributed by atoms with Gasteiger partial charge < -0.3 is 15.5 Å². The normalized spacial score (nSPS) is 21.4. The first-order valence-electron chi connectivity index (χ1n) is 10.1. The van der Waals surface area contributed by atoms with E-state index in [1.807, 2.05) is 30.5 Å². The number of nitrogens with zero attached hydrogens (tertiary/aromatic N) is 4. The van der Waals surface area contributed by atoms with Gasteiger partial charge in [0.1, 0.15) is 11.4 Å². The Hall–Kier alpha value is -2.29. The summed E-state index contributed by atoms with van der Waals surface area (Å²) < 4.78 is 1.04. The van der Waals surface area contributed by atoms with Gasteiger partial charge >= 0.3 is 0 Å². The molecule has 7 nitrogen and oxygen atoms in total. The third-order valence-corrected chi connectivity index (χ3v) is 6.79. The van der Waals surface area contributed by atoms with E-state index in [1.54, 1.807) is 11.3 Å². The van der Waals surface area contributed by atoms with Crippen LogP contribution in [-0.2, 0) is 0 Å². The van der Waals surface area contributed by atoms with E-state index in [2.05, 4.69) is 25.4 Å². The number of fused-ring (bicyclic) bond motifs is 1. The fourth-order valence-electron chi connectivity index (χ4n) is 4.15. The van der Waals surface area contributed by atoms with E-state index in [1.165, 1.54) is 0 Å². The van der Waals surface area contributed by atoms with Crippen molar-refractivity contribution in [1.82, 2.24) is 20.1 Å². The number of aromatic hydroxyl groups is 1. The lowest BCUT2D eigenvalue weighted by Gasteiger charge is -2.34. The fourth-order valence-corrected chi connectivity index (χ4v) is 4.94. The predicted molar refractivity (Wildman–Crippen MR) is 114 cm³/mol. The number of aliphatic hydroxyl groups is 1. The van der Waals surface area contributed by atoms with Gasteiger partial charge in [-0.3, -0.25) is 4.90 Å². The van der Waals surface area contributed by atoms with Crippen molar-refractivity contribution in [2.45, 2.75) is 44.2 Å². The summed E-state index contributed by atoms with van der Waals surface area (Å²) in [6.07, 6.45) is 3.97. The highest BCUT2D eigenvalue weighted by Crippen LogP contribution is 2.38. The molecule has 8 heteroatoms. The number of likely N-dealkylation sites (tertiary alicyclic amines) is 1. The molecule has 1 saturated carbocycles. The zero-order chi connectivity index (χ0) is 20.0. The molecule has 1 aromatic carbocycles. The van der Waals surface area contributed by atoms with Crippen LogP contribution in [0.2, 0.25) is 0 Å². The van der Waals surface area contributed by atoms with Crippen LogP contribution in [0.1, 0.15) is 31.4 Å². The summed E-state index contributed by atoms with van der Waals surface area (Å²) in [5.41, 5.74) is 1.53. The Kier molecular flexibility index (Phi) is 4.64. The van der Waals surface area contributed by atoms with Gasteiger partial charge in [-0.2, -0.15) is 0 Å². The molecule has 1 aliphatic carbocycles. The molecule has 0 radical (unpaired) electrons. The van der Waals surface area contributed by atoms with Gasteiger partial charge in [0.05, 0.1) is 11.3 Å². The van der Waals surface area contributed by atoms with E-state index in [-0.39, 0.29) is 11.8 Å². The topological polar surface area (TPSA) is 94.4 Å². The van der Waals surface area contributed by atoms with Crippen LogP contribution in [0.4, 0.5) is 5.95 Å². The molecule has 0 spiro atoms. The van der Waals surface area contributed by atoms with E-state index in [0.717, 1.165) is 61.1 Å². The molecule has 152 valence electrons. The average molecular weight is 412 g/mol. The molecular formula is C21H25N5O2S. The second-order valence-electron chi connectivity index (χ2n) is 8.31. The van der Waals surface area contributed by atoms with E-state index in [9.17, 15) is 10.2 Å². The van der Waals surface area contributed by atoms with Crippen molar-refractivity contribution in [2.75, 3.05) is 25.0 Å². The minimum absolute atomic E-state index is 0.226. The van der Waals surface area contributed by atoms with Crippen LogP contribution in [0.25, 0.3) is 21.3 Å². The maximum atomic E-state index is 10.6. The molecule has 1 saturated heterocycles. The van der Waals surface area contributed by atoms with Crippen LogP contribution < -0.4 is 5.32 Å². The summed E-state index contributed by atoms with van der Waals surface area (Å²) >= 11 is 1.60. The van der Waals surface area contributed by atoms with Crippen LogP contribution >= 0.6 is 11.3 Å². The average Bonchev–Trinajstić information content (AvgIpc) is 3.22. The van der Waals surface area contributed by atoms with Crippen molar-refractivity contribution in [3.05, 3.63) is 29.3 Å². The second kappa shape index (κ2) is 7.19. The largest absolute Gasteiger partial charge is 0.507 e. The van der Waals surface area contributed by atoms with Gasteiger partial charge in [0.2, 0.25) is 5.95 Å². The Labute approximate surface area is 173 Å². The minimum atomic E-state index is -0.455. The highest BCUT2D eigenvalue weighted by molar-refractivity contribution is 7.17. The van der Waals surface area contributed by atoms with Crippen molar-refractivity contribution in [2.24, 2.45) is 0 Å². The maximum Gasteiger partial charge on any atom is 0.243 e. The first-order valence-corrected chi connectivity index (χ1v) is 11.0. The maximum absolute atomic E-state index is 10.6. The molecule has 1 atom stereocenters. The van der Waals surface area contributed by atoms with Gasteiger partial charge in [0.15, 0.2) is 0 Å². The predicted octanol–water partition coefficient (Wildman–Crippen LogP) is 3.17. The van der Waals surface area contributed by atoms with E-state index >= 15 is 0 Å². The zero-order valence-corrected chi connectivity index (χ0v) is 17.2. The number of β-amino-alcohol motifs (C(OH)–C–C–N with tert-alkyl or cyclic N) is 1. The molecular weight excluding hydrogens is 386 g/mol. The Bertz CT molecular complexity index is 1050. The highest BCUT2D eigenvalue weighted by atomic mass is 32.1. The summed E-state index contributed by atoms with van der Waals surface area (Å²) in [5.74, 6) is 0.740. The van der Waals surface area contributed by atoms with Crippen LogP contribution in [0.15, 0.2) is 23.6 Å². The number of thiophene rings is 1. The molecule has 1 aliphatic heterocycles. The van der Waals surface area contributed by atoms with Crippen molar-refractivity contribution in [3.63, 3.8) is 0 Å². The Morgan fingerprint density at radius 3 is 2.93 bits per heavy atom. The monoisotopic (exact) mass is 411 g/mol. The summed E-state index contributed by atoms with van der Waals surface area (Å²) in [5, 5.41) is 35.7. The second-order valence-corrected chi connectivity index (χ2v) is 9.25. The summed E-state index contributed by atoms with van der Waals surface area (Å²) in [6, 6.07) is 6.03. The minimum Gasteiger partial charge on any atom is -0.507 e. The van der Waals surface area contributed by atoms with Gasteiger partial charge in [-0.25, -0.2) is 4.98 Å². The highest BCUT2D eigenvalue weighted by Gasteiger charge is 2.42. The summed E-state index contributed by atoms with van der Waals surface area (Å²) in [6.45, 7) is 4.55. The lowest BCUT2D eigenvalue weighted by molar-refractivity contribution is 0.0794. The first-order chi connectivity index (χ1) is 14.0. The Morgan fingerprint density at radius 1 is 1.28 bits per heavy atom. The molecule has 0 unspecified atom stereocenters. The number of aromatic nitrogens is 3. The number of hydrogen-bond donors (Lipinski definition) is 3. The number of piperidine rings is 1. The van der Waals surface area contributed by atoms with Crippen molar-refractivity contribution < 1.29 is 10.2 Å². The third kappa shape index (κ3) is 3.80. The third-order valence-electron chi connectivity index (χ3n) is 5.91. The van der Waals surface area contributed by atoms with Gasteiger partial charge in [-0.15, -0.1) is 21.5 Å². The molecule has 2 fully saturated rings. The number of benzene rings is 1. The lowest BCUT2D eigenvalue weighted by atomic mass is 10.1. The van der Waals surface area contributed by atoms with Gasteiger partial charge in [-0.05, 0) is 62.7 Å². The molecule has 0 bridgehead atoms. The Balaban J connectivity index is 1.32. The molecule has 2 aromatic heterocycles. The van der Waals surface area contributed by atoms with Crippen molar-refractivity contribution in [3.8, 4) is 17.0 Å². The van der Waals surface area contributed by atoms with Crippen molar-refractivity contribution in [1.29, 1.82) is 0 Å². The molecule has 2 aliphatic rings. The molecule has 5 rings (SSSR count). The summed E-state index contributed by atoms with van der Waals surface area (Å²) in [7, 11) is 0. The SMILES string of the molecule is Cc1nc(N[C@@H]2CCCN(CC3(O)CC3)C2)nnc1-c1ccc2sccc2c1O. The molecule has 3 heterocycles. The van der Waals surface area contributed by atoms with Crippen LogP contribution in [-0.4, -0.2) is 61.6 Å². The van der Waals surface area contributed by atoms with Crippen LogP contribution in [0.5, 0.6) is 5.75 Å². The van der Waals surface area contributed by atoms with Gasteiger partial charge in [0.25, 0.3) is 0 Å². The number of hydrogen-bond acceptors (Lipinski definition) is 8. The number of phenolic OH excluding ortho intramolecular Hbond substituents is 1. The number of nitrogens with one attached hydrogen (secondary N) is 1. The van der Waals surface area contributed by atoms with Crippen LogP contribution in [0.3, 0.4) is 0 Å². The van der Waals surface area contributed by atoms with E-state index in [0.29, 0.717) is 17.2 Å². The first kappa shape index (κ1) is 18.7. The molecule has 29 heavy (non-hydrogen) atoms. The number of anilines is 1. The zero-order valence-electron chi connectivity index (χ0n) is 16.4. The standard InChI is InChI=1S/C21H25N5O2S/c1-13-18(16-4-5-17-15(19(16)27)6-10-29-17)24-25-20(22-13)23-14-3-2-9-26(11-14)12-21(28)7-8-21/h4-6,10,14,27-28H,2-3,7-9,11-12H2,1H3,(H,22,23,25)/t14-/m1/s1. The van der Waals surface area contributed by atoms with Crippen molar-refractivity contribution >= 4 is 27.4 Å². The molecule has 3 aromatic rings. The molecule has 0 amide bonds. The number of rotatable bonds is 5. The van der Waals surface area contributed by atoms with Gasteiger partial charge in [0, 0.05) is 34.8 Å². The van der Waals surface area contributed by atoms with E-state index < -0.39 is 5.60 Å². The van der Waals surface area contributed by atoms with E-state index in [4.69, 9.17) is 0 Å². The quantitative estimate of drug-likeness (QED) is 0.594. The molecule has 3 N–H and O–H groups in total. The Morgan fingerprint density at radius 2 is 2.14 bits per heavy atom. The van der Waals surface area contributed by atoms with Gasteiger partial charge in [-0.1, -0.05) is 0 Å². The lowest BCUT2D eigenvalue weighted by Crippen LogP contribution is -2.45. The smallest absolute Gasteiger partial charge is 0.243 e. The number of aryl methyl sites for hydroxylation is 1. The number of phenols is 1.